The highest BCUT2D eigenvalue weighted by Gasteiger charge is 1.96. The van der Waals surface area contributed by atoms with Crippen LogP contribution in [-0.4, -0.2) is 5.78 Å². The van der Waals surface area contributed by atoms with E-state index in [2.05, 4.69) is 19.9 Å². The van der Waals surface area contributed by atoms with E-state index in [4.69, 9.17) is 0 Å². The summed E-state index contributed by atoms with van der Waals surface area (Å²) in [6.45, 7) is 4.43. The zero-order valence-corrected chi connectivity index (χ0v) is 19.6. The van der Waals surface area contributed by atoms with Crippen LogP contribution < -0.4 is 0 Å². The number of rotatable bonds is 23. The van der Waals surface area contributed by atoms with Crippen molar-refractivity contribution in [3.8, 4) is 0 Å². The van der Waals surface area contributed by atoms with Crippen LogP contribution in [0.3, 0.4) is 0 Å². The first-order chi connectivity index (χ1) is 13.8. The molecule has 1 nitrogen and oxygen atoms in total. The molecule has 0 aromatic rings. The Hall–Kier alpha value is -0.590. The van der Waals surface area contributed by atoms with Gasteiger partial charge in [0.2, 0.25) is 0 Å². The summed E-state index contributed by atoms with van der Waals surface area (Å²) in [4.78, 5) is 11.5. The highest BCUT2D eigenvalue weighted by Crippen LogP contribution is 2.14. The molecule has 0 spiro atoms. The van der Waals surface area contributed by atoms with Crippen molar-refractivity contribution in [1.29, 1.82) is 0 Å². The molecule has 0 amide bonds. The first-order valence-corrected chi connectivity index (χ1v) is 13.0. The van der Waals surface area contributed by atoms with E-state index in [-0.39, 0.29) is 0 Å². The van der Waals surface area contributed by atoms with Gasteiger partial charge in [0.1, 0.15) is 0 Å². The Morgan fingerprint density at radius 2 is 0.857 bits per heavy atom. The molecule has 0 aliphatic heterocycles. The Morgan fingerprint density at radius 3 is 1.25 bits per heavy atom. The lowest BCUT2D eigenvalue weighted by Gasteiger charge is -2.03. The van der Waals surface area contributed by atoms with Gasteiger partial charge in [-0.2, -0.15) is 0 Å². The minimum atomic E-state index is 0.309. The van der Waals surface area contributed by atoms with Crippen LogP contribution in [0.15, 0.2) is 12.2 Å². The summed E-state index contributed by atoms with van der Waals surface area (Å²) >= 11 is 0. The van der Waals surface area contributed by atoms with Crippen molar-refractivity contribution >= 4 is 5.78 Å². The van der Waals surface area contributed by atoms with Gasteiger partial charge >= 0.3 is 0 Å². The van der Waals surface area contributed by atoms with E-state index in [1.54, 1.807) is 0 Å². The Bertz CT molecular complexity index is 331. The predicted octanol–water partition coefficient (Wildman–Crippen LogP) is 9.73. The van der Waals surface area contributed by atoms with Gasteiger partial charge in [0, 0.05) is 6.42 Å². The van der Waals surface area contributed by atoms with Crippen molar-refractivity contribution in [3.63, 3.8) is 0 Å². The molecule has 0 aromatic heterocycles. The molecule has 0 aliphatic carbocycles. The average molecular weight is 393 g/mol. The largest absolute Gasteiger partial charge is 0.295 e. The van der Waals surface area contributed by atoms with E-state index < -0.39 is 0 Å². The van der Waals surface area contributed by atoms with E-state index in [0.29, 0.717) is 5.78 Å². The molecule has 0 rings (SSSR count). The molecule has 1 heteroatoms. The minimum absolute atomic E-state index is 0.309. The molecule has 0 aliphatic rings. The summed E-state index contributed by atoms with van der Waals surface area (Å²) in [5, 5.41) is 0. The van der Waals surface area contributed by atoms with Crippen LogP contribution in [0.5, 0.6) is 0 Å². The summed E-state index contributed by atoms with van der Waals surface area (Å²) in [6.07, 6.45) is 33.4. The Kier molecular flexibility index (Phi) is 23.9. The Labute approximate surface area is 178 Å². The molecule has 0 aromatic carbocycles. The number of unbranched alkanes of at least 4 members (excludes halogenated alkanes) is 19. The van der Waals surface area contributed by atoms with Gasteiger partial charge in [0.25, 0.3) is 0 Å². The topological polar surface area (TPSA) is 17.1 Å². The van der Waals surface area contributed by atoms with Gasteiger partial charge in [-0.25, -0.2) is 0 Å². The van der Waals surface area contributed by atoms with Gasteiger partial charge in [0.15, 0.2) is 5.78 Å². The van der Waals surface area contributed by atoms with Crippen molar-refractivity contribution in [3.05, 3.63) is 12.2 Å². The van der Waals surface area contributed by atoms with Gasteiger partial charge < -0.3 is 0 Å². The quantitative estimate of drug-likeness (QED) is 0.125. The molecular weight excluding hydrogens is 340 g/mol. The highest BCUT2D eigenvalue weighted by molar-refractivity contribution is 5.89. The van der Waals surface area contributed by atoms with Gasteiger partial charge in [0.05, 0.1) is 0 Å². The van der Waals surface area contributed by atoms with E-state index in [1.807, 2.05) is 6.08 Å². The van der Waals surface area contributed by atoms with Crippen LogP contribution in [0.1, 0.15) is 155 Å². The fraction of sp³-hybridized carbons (Fsp3) is 0.889. The van der Waals surface area contributed by atoms with Crippen LogP contribution >= 0.6 is 0 Å². The predicted molar refractivity (Wildman–Crippen MR) is 127 cm³/mol. The fourth-order valence-corrected chi connectivity index (χ4v) is 3.81. The van der Waals surface area contributed by atoms with Gasteiger partial charge in [-0.3, -0.25) is 4.79 Å². The molecule has 0 saturated heterocycles. The molecule has 0 bridgehead atoms. The number of carbonyl (C=O) groups excluding carboxylic acids is 1. The summed E-state index contributed by atoms with van der Waals surface area (Å²) in [5.41, 5.74) is 0. The van der Waals surface area contributed by atoms with Crippen LogP contribution in [-0.2, 0) is 4.79 Å². The SMILES string of the molecule is CCCCCCCCCCCCCCCCCCCCC=CC(=O)CCCC. The lowest BCUT2D eigenvalue weighted by molar-refractivity contribution is -0.114. The van der Waals surface area contributed by atoms with E-state index >= 15 is 0 Å². The van der Waals surface area contributed by atoms with Crippen molar-refractivity contribution in [2.75, 3.05) is 0 Å². The van der Waals surface area contributed by atoms with Crippen molar-refractivity contribution in [2.24, 2.45) is 0 Å². The van der Waals surface area contributed by atoms with Crippen LogP contribution in [0, 0.1) is 0 Å². The number of hydrogen-bond donors (Lipinski definition) is 0. The van der Waals surface area contributed by atoms with Crippen molar-refractivity contribution in [1.82, 2.24) is 0 Å². The van der Waals surface area contributed by atoms with E-state index in [1.165, 1.54) is 116 Å². The molecule has 0 unspecified atom stereocenters. The van der Waals surface area contributed by atoms with Crippen LogP contribution in [0.2, 0.25) is 0 Å². The molecule has 0 heterocycles. The maximum absolute atomic E-state index is 11.5. The third-order valence-electron chi connectivity index (χ3n) is 5.80. The average Bonchev–Trinajstić information content (AvgIpc) is 2.70. The summed E-state index contributed by atoms with van der Waals surface area (Å²) in [5.74, 6) is 0.309. The van der Waals surface area contributed by atoms with Crippen LogP contribution in [0.25, 0.3) is 0 Å². The third-order valence-corrected chi connectivity index (χ3v) is 5.80. The molecule has 0 fully saturated rings. The monoisotopic (exact) mass is 392 g/mol. The summed E-state index contributed by atoms with van der Waals surface area (Å²) < 4.78 is 0. The number of hydrogen-bond acceptors (Lipinski definition) is 1. The molecule has 0 saturated carbocycles. The van der Waals surface area contributed by atoms with Crippen molar-refractivity contribution in [2.45, 2.75) is 155 Å². The lowest BCUT2D eigenvalue weighted by Crippen LogP contribution is -1.91. The number of ketones is 1. The third kappa shape index (κ3) is 23.4. The zero-order chi connectivity index (χ0) is 20.5. The summed E-state index contributed by atoms with van der Waals surface area (Å²) in [7, 11) is 0. The zero-order valence-electron chi connectivity index (χ0n) is 19.6. The molecule has 28 heavy (non-hydrogen) atoms. The first-order valence-electron chi connectivity index (χ1n) is 13.0. The highest BCUT2D eigenvalue weighted by atomic mass is 16.1. The second-order valence-corrected chi connectivity index (χ2v) is 8.77. The number of carbonyl (C=O) groups is 1. The fourth-order valence-electron chi connectivity index (χ4n) is 3.81. The van der Waals surface area contributed by atoms with Crippen molar-refractivity contribution < 1.29 is 4.79 Å². The van der Waals surface area contributed by atoms with Crippen LogP contribution in [0.4, 0.5) is 0 Å². The maximum Gasteiger partial charge on any atom is 0.155 e. The summed E-state index contributed by atoms with van der Waals surface area (Å²) in [6, 6.07) is 0. The molecule has 0 N–H and O–H groups in total. The van der Waals surface area contributed by atoms with E-state index in [9.17, 15) is 4.79 Å². The van der Waals surface area contributed by atoms with Gasteiger partial charge in [-0.05, 0) is 25.3 Å². The normalized spacial score (nSPS) is 11.5. The molecular formula is C27H52O. The van der Waals surface area contributed by atoms with Gasteiger partial charge in [-0.1, -0.05) is 135 Å². The standard InChI is InChI=1S/C27H52O/c1-3-5-7-8-9-10-11-12-13-14-15-16-17-18-19-20-21-22-23-24-26-27(28)25-6-4-2/h24,26H,3-23,25H2,1-2H3. The molecule has 0 atom stereocenters. The molecule has 0 radical (unpaired) electrons. The molecule has 166 valence electrons. The Balaban J connectivity index is 3.10. The number of allylic oxidation sites excluding steroid dienone is 2. The smallest absolute Gasteiger partial charge is 0.155 e. The van der Waals surface area contributed by atoms with Gasteiger partial charge in [-0.15, -0.1) is 0 Å². The second-order valence-electron chi connectivity index (χ2n) is 8.77. The Morgan fingerprint density at radius 1 is 0.500 bits per heavy atom. The maximum atomic E-state index is 11.5. The second kappa shape index (κ2) is 24.4. The lowest BCUT2D eigenvalue weighted by atomic mass is 10.0. The first kappa shape index (κ1) is 27.4. The van der Waals surface area contributed by atoms with E-state index in [0.717, 1.165) is 25.7 Å². The minimum Gasteiger partial charge on any atom is -0.295 e.